The van der Waals surface area contributed by atoms with Crippen molar-refractivity contribution in [2.24, 2.45) is 0 Å². The second-order valence-corrected chi connectivity index (χ2v) is 7.21. The molecule has 0 aliphatic rings. The first-order valence-electron chi connectivity index (χ1n) is 6.81. The fourth-order valence-corrected chi connectivity index (χ4v) is 3.13. The maximum Gasteiger partial charge on any atom is 0.282 e. The number of hydrogen-bond donors (Lipinski definition) is 1. The highest BCUT2D eigenvalue weighted by molar-refractivity contribution is 7.86. The summed E-state index contributed by atoms with van der Waals surface area (Å²) in [5.41, 5.74) is 0.847. The first kappa shape index (κ1) is 18.6. The largest absolute Gasteiger partial charge is 0.314 e. The summed E-state index contributed by atoms with van der Waals surface area (Å²) < 4.78 is 27.5. The Kier molecular flexibility index (Phi) is 8.49. The maximum absolute atomic E-state index is 12.3. The minimum atomic E-state index is -3.37. The number of nitrogens with zero attached hydrogens (tertiary/aromatic N) is 2. The van der Waals surface area contributed by atoms with Gasteiger partial charge in [0.25, 0.3) is 10.2 Å². The first-order valence-corrected chi connectivity index (χ1v) is 8.20. The Bertz CT molecular complexity index is 366. The summed E-state index contributed by atoms with van der Waals surface area (Å²) in [4.78, 5) is 0. The molecule has 5 nitrogen and oxygen atoms in total. The predicted octanol–water partition coefficient (Wildman–Crippen LogP) is 1.45. The van der Waals surface area contributed by atoms with Crippen molar-refractivity contribution in [1.29, 1.82) is 0 Å². The van der Waals surface area contributed by atoms with Crippen LogP contribution in [0.2, 0.25) is 0 Å². The lowest BCUT2D eigenvalue weighted by Crippen LogP contribution is -2.43. The molecule has 0 bridgehead atoms. The number of rotatable bonds is 10. The number of likely N-dealkylation sites (N-methyl/N-ethyl adjacent to an activating group) is 1. The van der Waals surface area contributed by atoms with Crippen molar-refractivity contribution >= 4 is 10.2 Å². The van der Waals surface area contributed by atoms with Crippen LogP contribution < -0.4 is 5.32 Å². The van der Waals surface area contributed by atoms with E-state index in [0.717, 1.165) is 18.5 Å². The average Bonchev–Trinajstić information content (AvgIpc) is 2.30. The van der Waals surface area contributed by atoms with Crippen molar-refractivity contribution in [3.05, 3.63) is 12.2 Å². The molecule has 0 rings (SSSR count). The molecule has 0 radical (unpaired) electrons. The van der Waals surface area contributed by atoms with Gasteiger partial charge in [-0.15, -0.1) is 0 Å². The van der Waals surface area contributed by atoms with E-state index in [9.17, 15) is 8.42 Å². The van der Waals surface area contributed by atoms with E-state index in [-0.39, 0.29) is 0 Å². The Morgan fingerprint density at radius 2 is 1.95 bits per heavy atom. The summed E-state index contributed by atoms with van der Waals surface area (Å²) in [5.74, 6) is 0. The van der Waals surface area contributed by atoms with Gasteiger partial charge in [-0.25, -0.2) is 0 Å². The van der Waals surface area contributed by atoms with Gasteiger partial charge in [-0.3, -0.25) is 0 Å². The second kappa shape index (κ2) is 8.68. The van der Waals surface area contributed by atoms with E-state index in [2.05, 4.69) is 25.7 Å². The van der Waals surface area contributed by atoms with Gasteiger partial charge in [-0.2, -0.15) is 17.0 Å². The first-order chi connectivity index (χ1) is 8.71. The highest BCUT2D eigenvalue weighted by Crippen LogP contribution is 2.08. The van der Waals surface area contributed by atoms with Crippen molar-refractivity contribution in [1.82, 2.24) is 13.9 Å². The van der Waals surface area contributed by atoms with E-state index in [4.69, 9.17) is 0 Å². The molecule has 19 heavy (non-hydrogen) atoms. The Morgan fingerprint density at radius 3 is 2.37 bits per heavy atom. The standard InChI is InChI=1S/C13H29N3O2S/c1-7-16(11-12(2)3)19(17,18)15(6)10-8-9-14-13(4)5/h13-14H,2,7-11H2,1,3-6H3. The molecule has 0 unspecified atom stereocenters. The van der Waals surface area contributed by atoms with Crippen LogP contribution in [0.1, 0.15) is 34.1 Å². The Labute approximate surface area is 118 Å². The molecule has 0 saturated heterocycles. The van der Waals surface area contributed by atoms with E-state index in [0.29, 0.717) is 25.7 Å². The normalized spacial score (nSPS) is 12.6. The maximum atomic E-state index is 12.3. The van der Waals surface area contributed by atoms with E-state index in [1.165, 1.54) is 8.61 Å². The van der Waals surface area contributed by atoms with Crippen molar-refractivity contribution in [2.45, 2.75) is 40.2 Å². The van der Waals surface area contributed by atoms with Gasteiger partial charge in [0.2, 0.25) is 0 Å². The van der Waals surface area contributed by atoms with Gasteiger partial charge in [0.05, 0.1) is 0 Å². The van der Waals surface area contributed by atoms with Crippen LogP contribution in [0.25, 0.3) is 0 Å². The molecular formula is C13H29N3O2S. The van der Waals surface area contributed by atoms with Gasteiger partial charge in [0.1, 0.15) is 0 Å². The predicted molar refractivity (Wildman–Crippen MR) is 81.4 cm³/mol. The zero-order valence-electron chi connectivity index (χ0n) is 12.9. The van der Waals surface area contributed by atoms with Crippen LogP contribution in [0.15, 0.2) is 12.2 Å². The lowest BCUT2D eigenvalue weighted by molar-refractivity contribution is 0.376. The summed E-state index contributed by atoms with van der Waals surface area (Å²) in [5, 5.41) is 3.28. The highest BCUT2D eigenvalue weighted by Gasteiger charge is 2.24. The van der Waals surface area contributed by atoms with Gasteiger partial charge in [-0.05, 0) is 19.9 Å². The third-order valence-corrected chi connectivity index (χ3v) is 4.73. The third-order valence-electron chi connectivity index (χ3n) is 2.72. The summed E-state index contributed by atoms with van der Waals surface area (Å²) in [6, 6.07) is 0.428. The Morgan fingerprint density at radius 1 is 1.37 bits per heavy atom. The summed E-state index contributed by atoms with van der Waals surface area (Å²) in [7, 11) is -1.74. The van der Waals surface area contributed by atoms with Crippen molar-refractivity contribution in [3.8, 4) is 0 Å². The molecule has 6 heteroatoms. The molecule has 0 aromatic heterocycles. The summed E-state index contributed by atoms with van der Waals surface area (Å²) >= 11 is 0. The molecule has 114 valence electrons. The summed E-state index contributed by atoms with van der Waals surface area (Å²) in [6.07, 6.45) is 0.804. The fourth-order valence-electron chi connectivity index (χ4n) is 1.66. The molecule has 0 saturated carbocycles. The quantitative estimate of drug-likeness (QED) is 0.489. The topological polar surface area (TPSA) is 52.7 Å². The molecule has 0 atom stereocenters. The van der Waals surface area contributed by atoms with E-state index < -0.39 is 10.2 Å². The Balaban J connectivity index is 4.40. The number of nitrogens with one attached hydrogen (secondary N) is 1. The van der Waals surface area contributed by atoms with Crippen LogP contribution in [0.5, 0.6) is 0 Å². The third kappa shape index (κ3) is 7.06. The van der Waals surface area contributed by atoms with Crippen molar-refractivity contribution < 1.29 is 8.42 Å². The van der Waals surface area contributed by atoms with Crippen LogP contribution in [-0.4, -0.2) is 56.3 Å². The van der Waals surface area contributed by atoms with E-state index in [1.54, 1.807) is 7.05 Å². The second-order valence-electron chi connectivity index (χ2n) is 5.17. The molecule has 0 aromatic rings. The molecular weight excluding hydrogens is 262 g/mol. The average molecular weight is 291 g/mol. The molecule has 0 spiro atoms. The lowest BCUT2D eigenvalue weighted by atomic mass is 10.3. The molecule has 0 aliphatic carbocycles. The smallest absolute Gasteiger partial charge is 0.282 e. The van der Waals surface area contributed by atoms with Crippen LogP contribution in [0, 0.1) is 0 Å². The monoisotopic (exact) mass is 291 g/mol. The van der Waals surface area contributed by atoms with Gasteiger partial charge in [-0.1, -0.05) is 32.9 Å². The van der Waals surface area contributed by atoms with Crippen molar-refractivity contribution in [2.75, 3.05) is 33.2 Å². The van der Waals surface area contributed by atoms with Crippen LogP contribution in [-0.2, 0) is 10.2 Å². The molecule has 0 fully saturated rings. The lowest BCUT2D eigenvalue weighted by Gasteiger charge is -2.26. The molecule has 0 amide bonds. The molecule has 0 heterocycles. The molecule has 0 aromatic carbocycles. The van der Waals surface area contributed by atoms with Crippen LogP contribution in [0.3, 0.4) is 0 Å². The molecule has 1 N–H and O–H groups in total. The minimum absolute atomic E-state index is 0.382. The zero-order valence-corrected chi connectivity index (χ0v) is 13.8. The van der Waals surface area contributed by atoms with Gasteiger partial charge in [0, 0.05) is 32.7 Å². The Hall–Kier alpha value is -0.430. The van der Waals surface area contributed by atoms with Crippen LogP contribution in [0.4, 0.5) is 0 Å². The van der Waals surface area contributed by atoms with Gasteiger partial charge < -0.3 is 5.32 Å². The van der Waals surface area contributed by atoms with Gasteiger partial charge in [0.15, 0.2) is 0 Å². The fraction of sp³-hybridized carbons (Fsp3) is 0.846. The van der Waals surface area contributed by atoms with Crippen molar-refractivity contribution in [3.63, 3.8) is 0 Å². The van der Waals surface area contributed by atoms with Crippen LogP contribution >= 0.6 is 0 Å². The zero-order chi connectivity index (χ0) is 15.1. The van der Waals surface area contributed by atoms with Gasteiger partial charge >= 0.3 is 0 Å². The SMILES string of the molecule is C=C(C)CN(CC)S(=O)(=O)N(C)CCCNC(C)C. The highest BCUT2D eigenvalue weighted by atomic mass is 32.2. The minimum Gasteiger partial charge on any atom is -0.314 e. The molecule has 0 aliphatic heterocycles. The summed E-state index contributed by atoms with van der Waals surface area (Å²) in [6.45, 7) is 13.8. The van der Waals surface area contributed by atoms with E-state index >= 15 is 0 Å². The number of hydrogen-bond acceptors (Lipinski definition) is 3. The van der Waals surface area contributed by atoms with E-state index in [1.807, 2.05) is 13.8 Å².